The zero-order valence-corrected chi connectivity index (χ0v) is 9.60. The Balaban J connectivity index is 2.11. The van der Waals surface area contributed by atoms with E-state index in [2.05, 4.69) is 53.8 Å². The quantitative estimate of drug-likeness (QED) is 0.848. The molecule has 0 spiro atoms. The van der Waals surface area contributed by atoms with Crippen LogP contribution in [0.15, 0.2) is 60.7 Å². The first kappa shape index (κ1) is 10.5. The predicted octanol–water partition coefficient (Wildman–Crippen LogP) is 2.51. The number of hydrogen-bond donors (Lipinski definition) is 1. The number of hydrogen-bond acceptors (Lipinski definition) is 2. The molecule has 1 fully saturated rings. The van der Waals surface area contributed by atoms with Gasteiger partial charge in [0, 0.05) is 0 Å². The normalized spacial score (nSPS) is 18.1. The minimum absolute atomic E-state index is 0.192. The predicted molar refractivity (Wildman–Crippen MR) is 67.6 cm³/mol. The Morgan fingerprint density at radius 2 is 1.35 bits per heavy atom. The summed E-state index contributed by atoms with van der Waals surface area (Å²) in [7, 11) is 0. The van der Waals surface area contributed by atoms with E-state index in [1.165, 1.54) is 11.1 Å². The van der Waals surface area contributed by atoms with Crippen LogP contribution in [0.2, 0.25) is 0 Å². The van der Waals surface area contributed by atoms with Crippen molar-refractivity contribution < 1.29 is 4.74 Å². The van der Waals surface area contributed by atoms with Crippen molar-refractivity contribution in [3.8, 4) is 0 Å². The Kier molecular flexibility index (Phi) is 2.67. The number of benzene rings is 2. The van der Waals surface area contributed by atoms with E-state index in [9.17, 15) is 0 Å². The number of nitrogens with one attached hydrogen (secondary N) is 1. The van der Waals surface area contributed by atoms with Gasteiger partial charge in [-0.15, -0.1) is 0 Å². The van der Waals surface area contributed by atoms with Crippen LogP contribution in [-0.4, -0.2) is 13.3 Å². The van der Waals surface area contributed by atoms with Gasteiger partial charge in [0.05, 0.1) is 18.9 Å². The first-order valence-corrected chi connectivity index (χ1v) is 5.86. The molecule has 2 nitrogen and oxygen atoms in total. The van der Waals surface area contributed by atoms with Gasteiger partial charge < -0.3 is 4.74 Å². The van der Waals surface area contributed by atoms with Crippen molar-refractivity contribution in [2.45, 2.75) is 5.54 Å². The summed E-state index contributed by atoms with van der Waals surface area (Å²) in [5.41, 5.74) is 2.31. The van der Waals surface area contributed by atoms with Gasteiger partial charge in [-0.1, -0.05) is 60.7 Å². The molecule has 0 radical (unpaired) electrons. The number of rotatable bonds is 2. The minimum Gasteiger partial charge on any atom is -0.364 e. The second-order valence-electron chi connectivity index (χ2n) is 4.31. The Hall–Kier alpha value is -1.64. The van der Waals surface area contributed by atoms with Gasteiger partial charge in [-0.25, -0.2) is 0 Å². The zero-order valence-electron chi connectivity index (χ0n) is 9.60. The molecule has 2 aromatic rings. The van der Waals surface area contributed by atoms with Gasteiger partial charge in [0.1, 0.15) is 0 Å². The molecule has 3 rings (SSSR count). The van der Waals surface area contributed by atoms with E-state index >= 15 is 0 Å². The van der Waals surface area contributed by atoms with Crippen molar-refractivity contribution in [2.24, 2.45) is 0 Å². The maximum atomic E-state index is 5.56. The van der Waals surface area contributed by atoms with E-state index in [4.69, 9.17) is 4.74 Å². The third-order valence-electron chi connectivity index (χ3n) is 3.33. The molecule has 0 saturated carbocycles. The molecule has 0 unspecified atom stereocenters. The average Bonchev–Trinajstić information content (AvgIpc) is 2.91. The summed E-state index contributed by atoms with van der Waals surface area (Å²) in [4.78, 5) is 0. The van der Waals surface area contributed by atoms with Crippen molar-refractivity contribution in [2.75, 3.05) is 13.3 Å². The molecule has 1 N–H and O–H groups in total. The Bertz CT molecular complexity index is 433. The van der Waals surface area contributed by atoms with Crippen LogP contribution in [0.1, 0.15) is 11.1 Å². The smallest absolute Gasteiger partial charge is 0.0976 e. The number of ether oxygens (including phenoxy) is 1. The molecule has 0 bridgehead atoms. The SMILES string of the molecule is c1ccc(C2(c3ccccc3)COCN2)cc1. The van der Waals surface area contributed by atoms with Gasteiger partial charge >= 0.3 is 0 Å². The summed E-state index contributed by atoms with van der Waals surface area (Å²) < 4.78 is 5.56. The molecule has 0 atom stereocenters. The van der Waals surface area contributed by atoms with Gasteiger partial charge in [-0.05, 0) is 11.1 Å². The van der Waals surface area contributed by atoms with Crippen molar-refractivity contribution >= 4 is 0 Å². The van der Waals surface area contributed by atoms with Crippen LogP contribution in [-0.2, 0) is 10.3 Å². The third-order valence-corrected chi connectivity index (χ3v) is 3.33. The standard InChI is InChI=1S/C15H15NO/c1-3-7-13(8-4-1)15(11-17-12-16-15)14-9-5-2-6-10-14/h1-10,16H,11-12H2. The van der Waals surface area contributed by atoms with E-state index in [0.717, 1.165) is 0 Å². The fourth-order valence-electron chi connectivity index (χ4n) is 2.41. The third kappa shape index (κ3) is 1.75. The van der Waals surface area contributed by atoms with Gasteiger partial charge in [-0.2, -0.15) is 0 Å². The Morgan fingerprint density at radius 1 is 0.824 bits per heavy atom. The van der Waals surface area contributed by atoms with E-state index < -0.39 is 0 Å². The molecule has 0 aliphatic carbocycles. The highest BCUT2D eigenvalue weighted by Gasteiger charge is 2.37. The van der Waals surface area contributed by atoms with Gasteiger partial charge in [-0.3, -0.25) is 5.32 Å². The van der Waals surface area contributed by atoms with Crippen LogP contribution in [0.5, 0.6) is 0 Å². The van der Waals surface area contributed by atoms with E-state index in [0.29, 0.717) is 13.3 Å². The molecule has 17 heavy (non-hydrogen) atoms. The molecule has 0 aromatic heterocycles. The van der Waals surface area contributed by atoms with E-state index in [-0.39, 0.29) is 5.54 Å². The minimum atomic E-state index is -0.192. The maximum Gasteiger partial charge on any atom is 0.0976 e. The van der Waals surface area contributed by atoms with Crippen LogP contribution in [0.3, 0.4) is 0 Å². The highest BCUT2D eigenvalue weighted by molar-refractivity contribution is 5.39. The van der Waals surface area contributed by atoms with Crippen LogP contribution in [0, 0.1) is 0 Å². The lowest BCUT2D eigenvalue weighted by Gasteiger charge is -2.29. The maximum absolute atomic E-state index is 5.56. The van der Waals surface area contributed by atoms with Crippen molar-refractivity contribution in [1.82, 2.24) is 5.32 Å². The zero-order chi connectivity index (χ0) is 11.6. The monoisotopic (exact) mass is 225 g/mol. The first-order chi connectivity index (χ1) is 8.42. The first-order valence-electron chi connectivity index (χ1n) is 5.86. The molecule has 2 heteroatoms. The molecule has 1 heterocycles. The van der Waals surface area contributed by atoms with E-state index in [1.807, 2.05) is 12.1 Å². The van der Waals surface area contributed by atoms with Crippen molar-refractivity contribution in [1.29, 1.82) is 0 Å². The molecule has 0 amide bonds. The summed E-state index contributed by atoms with van der Waals surface area (Å²) in [6.07, 6.45) is 0. The fourth-order valence-corrected chi connectivity index (χ4v) is 2.41. The van der Waals surface area contributed by atoms with Gasteiger partial charge in [0.15, 0.2) is 0 Å². The summed E-state index contributed by atoms with van der Waals surface area (Å²) in [5.74, 6) is 0. The molecule has 86 valence electrons. The van der Waals surface area contributed by atoms with Crippen molar-refractivity contribution in [3.63, 3.8) is 0 Å². The van der Waals surface area contributed by atoms with Crippen LogP contribution in [0.4, 0.5) is 0 Å². The second-order valence-corrected chi connectivity index (χ2v) is 4.31. The average molecular weight is 225 g/mol. The summed E-state index contributed by atoms with van der Waals surface area (Å²) in [6.45, 7) is 1.28. The largest absolute Gasteiger partial charge is 0.364 e. The molecule has 1 aliphatic rings. The molecular formula is C15H15NO. The lowest BCUT2D eigenvalue weighted by atomic mass is 9.84. The highest BCUT2D eigenvalue weighted by atomic mass is 16.5. The second kappa shape index (κ2) is 4.32. The summed E-state index contributed by atoms with van der Waals surface area (Å²) in [5, 5.41) is 3.48. The molecular weight excluding hydrogens is 210 g/mol. The molecule has 1 aliphatic heterocycles. The molecule has 1 saturated heterocycles. The van der Waals surface area contributed by atoms with Crippen LogP contribution >= 0.6 is 0 Å². The van der Waals surface area contributed by atoms with Crippen molar-refractivity contribution in [3.05, 3.63) is 71.8 Å². The highest BCUT2D eigenvalue weighted by Crippen LogP contribution is 2.32. The fraction of sp³-hybridized carbons (Fsp3) is 0.200. The summed E-state index contributed by atoms with van der Waals surface area (Å²) >= 11 is 0. The lowest BCUT2D eigenvalue weighted by molar-refractivity contribution is 0.182. The summed E-state index contributed by atoms with van der Waals surface area (Å²) in [6, 6.07) is 20.9. The topological polar surface area (TPSA) is 21.3 Å². The molecule has 2 aromatic carbocycles. The lowest BCUT2D eigenvalue weighted by Crippen LogP contribution is -2.40. The van der Waals surface area contributed by atoms with Gasteiger partial charge in [0.25, 0.3) is 0 Å². The Morgan fingerprint density at radius 3 is 1.76 bits per heavy atom. The van der Waals surface area contributed by atoms with E-state index in [1.54, 1.807) is 0 Å². The van der Waals surface area contributed by atoms with Crippen LogP contribution < -0.4 is 5.32 Å². The van der Waals surface area contributed by atoms with Crippen LogP contribution in [0.25, 0.3) is 0 Å². The Labute approximate surface area is 101 Å². The van der Waals surface area contributed by atoms with Gasteiger partial charge in [0.2, 0.25) is 0 Å².